The Hall–Kier alpha value is -1.97. The van der Waals surface area contributed by atoms with Crippen LogP contribution >= 0.6 is 0 Å². The molecule has 0 aliphatic heterocycles. The summed E-state index contributed by atoms with van der Waals surface area (Å²) in [5.41, 5.74) is 1.92. The number of hydrogen-bond donors (Lipinski definition) is 0. The van der Waals surface area contributed by atoms with Crippen LogP contribution in [0.4, 0.5) is 14.5 Å². The van der Waals surface area contributed by atoms with Crippen LogP contribution in [-0.4, -0.2) is 19.1 Å². The maximum atomic E-state index is 13.1. The predicted octanol–water partition coefficient (Wildman–Crippen LogP) is 3.09. The Morgan fingerprint density at radius 3 is 2.24 bits per heavy atom. The number of anilines is 1. The van der Waals surface area contributed by atoms with Crippen molar-refractivity contribution in [3.05, 3.63) is 48.2 Å². The standard InChI is InChI=1S/C13H12F2N2/c1-17(2)12-3-4-16-13(8-12)9-5-10(14)7-11(15)6-9/h3-8H,1-2H3. The second kappa shape index (κ2) is 4.49. The molecule has 2 nitrogen and oxygen atoms in total. The molecule has 2 aromatic rings. The largest absolute Gasteiger partial charge is 0.378 e. The van der Waals surface area contributed by atoms with Crippen molar-refractivity contribution in [1.82, 2.24) is 4.98 Å². The molecule has 0 atom stereocenters. The van der Waals surface area contributed by atoms with Crippen molar-refractivity contribution in [2.24, 2.45) is 0 Å². The van der Waals surface area contributed by atoms with Crippen molar-refractivity contribution in [3.63, 3.8) is 0 Å². The molecule has 1 aromatic carbocycles. The summed E-state index contributed by atoms with van der Waals surface area (Å²) in [5, 5.41) is 0. The lowest BCUT2D eigenvalue weighted by molar-refractivity contribution is 0.584. The van der Waals surface area contributed by atoms with E-state index in [1.165, 1.54) is 12.1 Å². The van der Waals surface area contributed by atoms with E-state index in [-0.39, 0.29) is 0 Å². The highest BCUT2D eigenvalue weighted by atomic mass is 19.1. The number of nitrogens with zero attached hydrogens (tertiary/aromatic N) is 2. The minimum atomic E-state index is -0.600. The zero-order valence-corrected chi connectivity index (χ0v) is 9.61. The van der Waals surface area contributed by atoms with Crippen LogP contribution < -0.4 is 4.90 Å². The molecule has 0 radical (unpaired) electrons. The van der Waals surface area contributed by atoms with Gasteiger partial charge >= 0.3 is 0 Å². The Morgan fingerprint density at radius 1 is 1.00 bits per heavy atom. The van der Waals surface area contributed by atoms with E-state index in [1.54, 1.807) is 12.3 Å². The van der Waals surface area contributed by atoms with E-state index < -0.39 is 11.6 Å². The molecule has 0 aliphatic rings. The maximum absolute atomic E-state index is 13.1. The van der Waals surface area contributed by atoms with E-state index in [2.05, 4.69) is 4.98 Å². The average molecular weight is 234 g/mol. The number of rotatable bonds is 2. The summed E-state index contributed by atoms with van der Waals surface area (Å²) < 4.78 is 26.2. The van der Waals surface area contributed by atoms with Gasteiger partial charge in [-0.2, -0.15) is 0 Å². The molecule has 0 spiro atoms. The van der Waals surface area contributed by atoms with Crippen molar-refractivity contribution in [2.45, 2.75) is 0 Å². The van der Waals surface area contributed by atoms with Crippen LogP contribution in [0.15, 0.2) is 36.5 Å². The van der Waals surface area contributed by atoms with Crippen LogP contribution in [0, 0.1) is 11.6 Å². The van der Waals surface area contributed by atoms with Gasteiger partial charge in [0.25, 0.3) is 0 Å². The first-order valence-electron chi connectivity index (χ1n) is 5.16. The molecule has 88 valence electrons. The van der Waals surface area contributed by atoms with Gasteiger partial charge in [0.1, 0.15) is 11.6 Å². The van der Waals surface area contributed by atoms with Gasteiger partial charge in [-0.05, 0) is 24.3 Å². The molecule has 17 heavy (non-hydrogen) atoms. The van der Waals surface area contributed by atoms with Gasteiger partial charge in [0, 0.05) is 37.6 Å². The number of halogens is 2. The highest BCUT2D eigenvalue weighted by Gasteiger charge is 2.05. The molecule has 1 aromatic heterocycles. The van der Waals surface area contributed by atoms with Crippen molar-refractivity contribution >= 4 is 5.69 Å². The molecular formula is C13H12F2N2. The SMILES string of the molecule is CN(C)c1ccnc(-c2cc(F)cc(F)c2)c1. The number of pyridine rings is 1. The normalized spacial score (nSPS) is 10.4. The fraction of sp³-hybridized carbons (Fsp3) is 0.154. The summed E-state index contributed by atoms with van der Waals surface area (Å²) in [6.45, 7) is 0. The minimum absolute atomic E-state index is 0.436. The first-order chi connectivity index (χ1) is 8.06. The smallest absolute Gasteiger partial charge is 0.126 e. The van der Waals surface area contributed by atoms with Gasteiger partial charge in [-0.3, -0.25) is 4.98 Å². The van der Waals surface area contributed by atoms with Crippen molar-refractivity contribution in [2.75, 3.05) is 19.0 Å². The molecule has 0 aliphatic carbocycles. The lowest BCUT2D eigenvalue weighted by Gasteiger charge is -2.13. The first kappa shape index (κ1) is 11.5. The lowest BCUT2D eigenvalue weighted by atomic mass is 10.1. The van der Waals surface area contributed by atoms with Gasteiger partial charge in [-0.25, -0.2) is 8.78 Å². The summed E-state index contributed by atoms with van der Waals surface area (Å²) in [6, 6.07) is 7.00. The molecule has 0 N–H and O–H groups in total. The predicted molar refractivity (Wildman–Crippen MR) is 63.9 cm³/mol. The zero-order chi connectivity index (χ0) is 12.4. The van der Waals surface area contributed by atoms with E-state index in [0.717, 1.165) is 11.8 Å². The average Bonchev–Trinajstić information content (AvgIpc) is 2.28. The highest BCUT2D eigenvalue weighted by Crippen LogP contribution is 2.23. The first-order valence-corrected chi connectivity index (χ1v) is 5.16. The van der Waals surface area contributed by atoms with Crippen LogP contribution in [0.25, 0.3) is 11.3 Å². The van der Waals surface area contributed by atoms with E-state index >= 15 is 0 Å². The van der Waals surface area contributed by atoms with Crippen LogP contribution in [-0.2, 0) is 0 Å². The van der Waals surface area contributed by atoms with Crippen molar-refractivity contribution < 1.29 is 8.78 Å². The van der Waals surface area contributed by atoms with Gasteiger partial charge in [-0.1, -0.05) is 0 Å². The van der Waals surface area contributed by atoms with Crippen LogP contribution in [0.3, 0.4) is 0 Å². The molecule has 0 saturated carbocycles. The van der Waals surface area contributed by atoms with Crippen molar-refractivity contribution in [1.29, 1.82) is 0 Å². The molecule has 0 saturated heterocycles. The summed E-state index contributed by atoms with van der Waals surface area (Å²) in [6.07, 6.45) is 1.62. The molecule has 4 heteroatoms. The summed E-state index contributed by atoms with van der Waals surface area (Å²) in [5.74, 6) is -1.20. The summed E-state index contributed by atoms with van der Waals surface area (Å²) >= 11 is 0. The van der Waals surface area contributed by atoms with Gasteiger partial charge in [0.15, 0.2) is 0 Å². The van der Waals surface area contributed by atoms with Crippen molar-refractivity contribution in [3.8, 4) is 11.3 Å². The Kier molecular flexibility index (Phi) is 3.04. The lowest BCUT2D eigenvalue weighted by Crippen LogP contribution is -2.08. The van der Waals surface area contributed by atoms with E-state index in [4.69, 9.17) is 0 Å². The molecule has 0 bridgehead atoms. The second-order valence-corrected chi connectivity index (χ2v) is 3.95. The van der Waals surface area contributed by atoms with Gasteiger partial charge in [0.2, 0.25) is 0 Å². The topological polar surface area (TPSA) is 16.1 Å². The number of hydrogen-bond acceptors (Lipinski definition) is 2. The third kappa shape index (κ3) is 2.58. The van der Waals surface area contributed by atoms with Gasteiger partial charge < -0.3 is 4.90 Å². The summed E-state index contributed by atoms with van der Waals surface area (Å²) in [4.78, 5) is 6.02. The van der Waals surface area contributed by atoms with E-state index in [9.17, 15) is 8.78 Å². The van der Waals surface area contributed by atoms with Gasteiger partial charge in [-0.15, -0.1) is 0 Å². The maximum Gasteiger partial charge on any atom is 0.126 e. The van der Waals surface area contributed by atoms with Crippen LogP contribution in [0.1, 0.15) is 0 Å². The van der Waals surface area contributed by atoms with Gasteiger partial charge in [0.05, 0.1) is 5.69 Å². The monoisotopic (exact) mass is 234 g/mol. The Balaban J connectivity index is 2.49. The molecule has 0 unspecified atom stereocenters. The third-order valence-corrected chi connectivity index (χ3v) is 2.42. The van der Waals surface area contributed by atoms with E-state index in [0.29, 0.717) is 11.3 Å². The fourth-order valence-corrected chi connectivity index (χ4v) is 1.56. The molecule has 0 amide bonds. The quantitative estimate of drug-likeness (QED) is 0.793. The third-order valence-electron chi connectivity index (χ3n) is 2.42. The molecule has 0 fully saturated rings. The minimum Gasteiger partial charge on any atom is -0.378 e. The molecular weight excluding hydrogens is 222 g/mol. The second-order valence-electron chi connectivity index (χ2n) is 3.95. The summed E-state index contributed by atoms with van der Waals surface area (Å²) in [7, 11) is 3.79. The van der Waals surface area contributed by atoms with Crippen LogP contribution in [0.5, 0.6) is 0 Å². The van der Waals surface area contributed by atoms with Crippen LogP contribution in [0.2, 0.25) is 0 Å². The number of benzene rings is 1. The molecule has 2 rings (SSSR count). The Labute approximate surface area is 98.5 Å². The van der Waals surface area contributed by atoms with E-state index in [1.807, 2.05) is 25.1 Å². The fourth-order valence-electron chi connectivity index (χ4n) is 1.56. The highest BCUT2D eigenvalue weighted by molar-refractivity contribution is 5.64. The Morgan fingerprint density at radius 2 is 1.65 bits per heavy atom. The molecule has 1 heterocycles. The zero-order valence-electron chi connectivity index (χ0n) is 9.61. The Bertz CT molecular complexity index is 518. The number of aromatic nitrogens is 1.